The fourth-order valence-corrected chi connectivity index (χ4v) is 1.55. The Hall–Kier alpha value is -1.07. The largest absolute Gasteiger partial charge is 0.367 e. The van der Waals surface area contributed by atoms with E-state index >= 15 is 0 Å². The summed E-state index contributed by atoms with van der Waals surface area (Å²) in [4.78, 5) is 19.8. The van der Waals surface area contributed by atoms with Crippen LogP contribution in [-0.4, -0.2) is 41.0 Å². The first-order valence-corrected chi connectivity index (χ1v) is 5.76. The number of hydrogen-bond acceptors (Lipinski definition) is 4. The molecule has 90 valence electrons. The van der Waals surface area contributed by atoms with Crippen molar-refractivity contribution in [3.05, 3.63) is 21.7 Å². The lowest BCUT2D eigenvalue weighted by Gasteiger charge is -2.18. The van der Waals surface area contributed by atoms with Gasteiger partial charge in [-0.1, -0.05) is 25.4 Å². The van der Waals surface area contributed by atoms with Crippen LogP contribution in [0, 0.1) is 0 Å². The van der Waals surface area contributed by atoms with Gasteiger partial charge in [0.25, 0.3) is 5.56 Å². The molecule has 0 aliphatic rings. The standard InChI is InChI=1S/C10H17ClN4O/c1-3-15(4-2)6-5-12-9-8(11)10(16)14-7-13-9/h7H,3-6H2,1-2H3,(H2,12,13,14,16). The number of nitrogens with zero attached hydrogens (tertiary/aromatic N) is 2. The van der Waals surface area contributed by atoms with E-state index in [4.69, 9.17) is 11.6 Å². The monoisotopic (exact) mass is 244 g/mol. The fraction of sp³-hybridized carbons (Fsp3) is 0.600. The molecule has 1 aromatic heterocycles. The quantitative estimate of drug-likeness (QED) is 0.789. The average molecular weight is 245 g/mol. The fourth-order valence-electron chi connectivity index (χ4n) is 1.38. The molecule has 0 aliphatic heterocycles. The van der Waals surface area contributed by atoms with Gasteiger partial charge in [0.15, 0.2) is 5.82 Å². The van der Waals surface area contributed by atoms with Crippen molar-refractivity contribution in [3.8, 4) is 0 Å². The highest BCUT2D eigenvalue weighted by atomic mass is 35.5. The number of nitrogens with one attached hydrogen (secondary N) is 2. The topological polar surface area (TPSA) is 61.0 Å². The van der Waals surface area contributed by atoms with Gasteiger partial charge in [-0.3, -0.25) is 4.79 Å². The highest BCUT2D eigenvalue weighted by molar-refractivity contribution is 6.32. The van der Waals surface area contributed by atoms with Crippen molar-refractivity contribution in [1.82, 2.24) is 14.9 Å². The Bertz CT molecular complexity index is 375. The molecule has 16 heavy (non-hydrogen) atoms. The Kier molecular flexibility index (Phi) is 5.28. The molecule has 0 bridgehead atoms. The molecule has 0 fully saturated rings. The lowest BCUT2D eigenvalue weighted by atomic mass is 10.4. The third kappa shape index (κ3) is 3.50. The third-order valence-corrected chi connectivity index (χ3v) is 2.76. The average Bonchev–Trinajstić information content (AvgIpc) is 2.30. The van der Waals surface area contributed by atoms with Gasteiger partial charge < -0.3 is 15.2 Å². The number of halogens is 1. The number of likely N-dealkylation sites (N-methyl/N-ethyl adjacent to an activating group) is 1. The zero-order chi connectivity index (χ0) is 12.0. The second-order valence-electron chi connectivity index (χ2n) is 3.35. The molecule has 0 saturated heterocycles. The summed E-state index contributed by atoms with van der Waals surface area (Å²) in [6.07, 6.45) is 1.34. The van der Waals surface area contributed by atoms with Gasteiger partial charge >= 0.3 is 0 Å². The van der Waals surface area contributed by atoms with E-state index in [0.29, 0.717) is 5.82 Å². The Balaban J connectivity index is 2.49. The van der Waals surface area contributed by atoms with E-state index in [9.17, 15) is 4.79 Å². The minimum Gasteiger partial charge on any atom is -0.367 e. The Morgan fingerprint density at radius 1 is 1.50 bits per heavy atom. The van der Waals surface area contributed by atoms with Crippen LogP contribution in [0.25, 0.3) is 0 Å². The van der Waals surface area contributed by atoms with E-state index in [0.717, 1.165) is 26.2 Å². The van der Waals surface area contributed by atoms with Crippen LogP contribution in [0.4, 0.5) is 5.82 Å². The van der Waals surface area contributed by atoms with Crippen LogP contribution in [-0.2, 0) is 0 Å². The van der Waals surface area contributed by atoms with Gasteiger partial charge in [-0.25, -0.2) is 4.98 Å². The molecule has 0 unspecified atom stereocenters. The third-order valence-electron chi connectivity index (χ3n) is 2.41. The van der Waals surface area contributed by atoms with E-state index in [1.807, 2.05) is 0 Å². The summed E-state index contributed by atoms with van der Waals surface area (Å²) < 4.78 is 0. The molecular weight excluding hydrogens is 228 g/mol. The summed E-state index contributed by atoms with van der Waals surface area (Å²) >= 11 is 5.79. The van der Waals surface area contributed by atoms with Gasteiger partial charge in [0.2, 0.25) is 0 Å². The predicted octanol–water partition coefficient (Wildman–Crippen LogP) is 1.18. The number of anilines is 1. The summed E-state index contributed by atoms with van der Waals surface area (Å²) in [7, 11) is 0. The van der Waals surface area contributed by atoms with Crippen LogP contribution in [0.3, 0.4) is 0 Å². The number of H-pyrrole nitrogens is 1. The molecule has 1 aromatic rings. The number of hydrogen-bond donors (Lipinski definition) is 2. The zero-order valence-electron chi connectivity index (χ0n) is 9.59. The van der Waals surface area contributed by atoms with E-state index in [2.05, 4.69) is 34.0 Å². The van der Waals surface area contributed by atoms with Crippen molar-refractivity contribution in [3.63, 3.8) is 0 Å². The smallest absolute Gasteiger partial charge is 0.271 e. The minimum absolute atomic E-state index is 0.113. The molecule has 1 rings (SSSR count). The first kappa shape index (κ1) is 13.0. The van der Waals surface area contributed by atoms with Crippen molar-refractivity contribution >= 4 is 17.4 Å². The molecule has 6 heteroatoms. The molecule has 0 aromatic carbocycles. The lowest BCUT2D eigenvalue weighted by Crippen LogP contribution is -2.29. The van der Waals surface area contributed by atoms with Crippen LogP contribution in [0.5, 0.6) is 0 Å². The number of rotatable bonds is 6. The van der Waals surface area contributed by atoms with Crippen LogP contribution in [0.15, 0.2) is 11.1 Å². The molecule has 0 radical (unpaired) electrons. The van der Waals surface area contributed by atoms with Gasteiger partial charge in [0.05, 0.1) is 6.33 Å². The number of aromatic nitrogens is 2. The van der Waals surface area contributed by atoms with Crippen LogP contribution in [0.1, 0.15) is 13.8 Å². The summed E-state index contributed by atoms with van der Waals surface area (Å²) in [5, 5.41) is 3.16. The van der Waals surface area contributed by atoms with Crippen molar-refractivity contribution < 1.29 is 0 Å². The van der Waals surface area contributed by atoms with Gasteiger partial charge in [0, 0.05) is 13.1 Å². The normalized spacial score (nSPS) is 10.8. The van der Waals surface area contributed by atoms with Gasteiger partial charge in [-0.2, -0.15) is 0 Å². The Labute approximate surface area is 99.8 Å². The summed E-state index contributed by atoms with van der Waals surface area (Å²) in [5.74, 6) is 0.442. The SMILES string of the molecule is CCN(CC)CCNc1nc[nH]c(=O)c1Cl. The zero-order valence-corrected chi connectivity index (χ0v) is 10.3. The van der Waals surface area contributed by atoms with E-state index in [1.165, 1.54) is 6.33 Å². The second kappa shape index (κ2) is 6.50. The molecule has 0 saturated carbocycles. The summed E-state index contributed by atoms with van der Waals surface area (Å²) in [6, 6.07) is 0. The second-order valence-corrected chi connectivity index (χ2v) is 3.73. The minimum atomic E-state index is -0.318. The van der Waals surface area contributed by atoms with E-state index in [-0.39, 0.29) is 10.6 Å². The van der Waals surface area contributed by atoms with Crippen molar-refractivity contribution in [2.24, 2.45) is 0 Å². The van der Waals surface area contributed by atoms with Gasteiger partial charge in [0.1, 0.15) is 5.02 Å². The molecule has 0 aliphatic carbocycles. The first-order valence-electron chi connectivity index (χ1n) is 5.38. The van der Waals surface area contributed by atoms with Crippen molar-refractivity contribution in [2.75, 3.05) is 31.5 Å². The van der Waals surface area contributed by atoms with Crippen LogP contribution < -0.4 is 10.9 Å². The molecular formula is C10H17ClN4O. The molecule has 0 spiro atoms. The Morgan fingerprint density at radius 2 is 2.19 bits per heavy atom. The van der Waals surface area contributed by atoms with Crippen molar-refractivity contribution in [1.29, 1.82) is 0 Å². The molecule has 1 heterocycles. The van der Waals surface area contributed by atoms with Crippen molar-refractivity contribution in [2.45, 2.75) is 13.8 Å². The molecule has 5 nitrogen and oxygen atoms in total. The van der Waals surface area contributed by atoms with Crippen LogP contribution in [0.2, 0.25) is 5.02 Å². The van der Waals surface area contributed by atoms with E-state index < -0.39 is 0 Å². The van der Waals surface area contributed by atoms with Crippen LogP contribution >= 0.6 is 11.6 Å². The van der Waals surface area contributed by atoms with Gasteiger partial charge in [-0.15, -0.1) is 0 Å². The Morgan fingerprint density at radius 3 is 2.81 bits per heavy atom. The summed E-state index contributed by atoms with van der Waals surface area (Å²) in [5.41, 5.74) is -0.318. The van der Waals surface area contributed by atoms with E-state index in [1.54, 1.807) is 0 Å². The first-order chi connectivity index (χ1) is 7.69. The predicted molar refractivity (Wildman–Crippen MR) is 66.1 cm³/mol. The molecule has 0 atom stereocenters. The highest BCUT2D eigenvalue weighted by Crippen LogP contribution is 2.11. The molecule has 2 N–H and O–H groups in total. The highest BCUT2D eigenvalue weighted by Gasteiger charge is 2.05. The molecule has 0 amide bonds. The van der Waals surface area contributed by atoms with Gasteiger partial charge in [-0.05, 0) is 13.1 Å². The maximum Gasteiger partial charge on any atom is 0.271 e. The maximum atomic E-state index is 11.2. The number of aromatic amines is 1. The lowest BCUT2D eigenvalue weighted by molar-refractivity contribution is 0.316. The summed E-state index contributed by atoms with van der Waals surface area (Å²) in [6.45, 7) is 7.86. The maximum absolute atomic E-state index is 11.2.